The van der Waals surface area contributed by atoms with Gasteiger partial charge in [0.1, 0.15) is 28.8 Å². The molecule has 0 saturated heterocycles. The van der Waals surface area contributed by atoms with Gasteiger partial charge >= 0.3 is 0 Å². The van der Waals surface area contributed by atoms with Gasteiger partial charge in [-0.25, -0.2) is 13.1 Å². The second-order valence-electron chi connectivity index (χ2n) is 5.30. The molecule has 0 spiro atoms. The Labute approximate surface area is 148 Å². The van der Waals surface area contributed by atoms with Crippen molar-refractivity contribution in [3.63, 3.8) is 0 Å². The van der Waals surface area contributed by atoms with Gasteiger partial charge in [0.15, 0.2) is 0 Å². The van der Waals surface area contributed by atoms with Crippen LogP contribution >= 0.6 is 0 Å². The topological polar surface area (TPSA) is 73.9 Å². The van der Waals surface area contributed by atoms with Gasteiger partial charge in [-0.2, -0.15) is 0 Å². The molecule has 1 N–H and O–H groups in total. The van der Waals surface area contributed by atoms with Gasteiger partial charge in [0.25, 0.3) is 0 Å². The number of nitrogens with one attached hydrogen (secondary N) is 1. The molecule has 2 rings (SSSR count). The van der Waals surface area contributed by atoms with Crippen LogP contribution in [0.3, 0.4) is 0 Å². The highest BCUT2D eigenvalue weighted by Gasteiger charge is 2.19. The molecule has 0 aliphatic carbocycles. The highest BCUT2D eigenvalue weighted by molar-refractivity contribution is 7.89. The summed E-state index contributed by atoms with van der Waals surface area (Å²) in [6.07, 6.45) is 0. The summed E-state index contributed by atoms with van der Waals surface area (Å²) in [7, 11) is -2.23. The lowest BCUT2D eigenvalue weighted by Crippen LogP contribution is -2.28. The van der Waals surface area contributed by atoms with E-state index in [1.54, 1.807) is 42.5 Å². The van der Waals surface area contributed by atoms with Crippen molar-refractivity contribution < 1.29 is 22.6 Å². The van der Waals surface area contributed by atoms with Crippen LogP contribution in [0.25, 0.3) is 0 Å². The van der Waals surface area contributed by atoms with Crippen molar-refractivity contribution in [2.45, 2.75) is 18.7 Å². The van der Waals surface area contributed by atoms with Gasteiger partial charge in [-0.15, -0.1) is 0 Å². The van der Waals surface area contributed by atoms with Crippen molar-refractivity contribution >= 4 is 10.0 Å². The van der Waals surface area contributed by atoms with Gasteiger partial charge in [0.05, 0.1) is 13.7 Å². The molecular formula is C18H23NO5S. The van der Waals surface area contributed by atoms with Crippen LogP contribution in [0, 0.1) is 6.92 Å². The SMILES string of the molecule is CCOc1ccc(OCCNS(=O)(=O)c2cc(C)ccc2OC)cc1. The fraction of sp³-hybridized carbons (Fsp3) is 0.333. The number of benzene rings is 2. The molecule has 0 aromatic heterocycles. The summed E-state index contributed by atoms with van der Waals surface area (Å²) in [6, 6.07) is 12.2. The Hall–Kier alpha value is -2.25. The van der Waals surface area contributed by atoms with Crippen LogP contribution in [0.5, 0.6) is 17.2 Å². The Balaban J connectivity index is 1.91. The van der Waals surface area contributed by atoms with Crippen molar-refractivity contribution in [1.29, 1.82) is 0 Å². The second kappa shape index (κ2) is 8.73. The van der Waals surface area contributed by atoms with Crippen LogP contribution in [0.2, 0.25) is 0 Å². The highest BCUT2D eigenvalue weighted by Crippen LogP contribution is 2.24. The maximum absolute atomic E-state index is 12.4. The van der Waals surface area contributed by atoms with Crippen molar-refractivity contribution in [3.05, 3.63) is 48.0 Å². The first-order valence-corrected chi connectivity index (χ1v) is 9.44. The molecule has 0 bridgehead atoms. The number of sulfonamides is 1. The zero-order chi connectivity index (χ0) is 18.3. The number of hydrogen-bond acceptors (Lipinski definition) is 5. The van der Waals surface area contributed by atoms with E-state index in [2.05, 4.69) is 4.72 Å². The molecule has 7 heteroatoms. The molecule has 0 unspecified atom stereocenters. The Morgan fingerprint density at radius 1 is 1.00 bits per heavy atom. The van der Waals surface area contributed by atoms with E-state index in [0.717, 1.165) is 11.3 Å². The zero-order valence-corrected chi connectivity index (χ0v) is 15.4. The Morgan fingerprint density at radius 3 is 2.24 bits per heavy atom. The number of aryl methyl sites for hydroxylation is 1. The molecule has 2 aromatic carbocycles. The molecule has 0 saturated carbocycles. The van der Waals surface area contributed by atoms with Gasteiger partial charge in [0, 0.05) is 6.54 Å². The largest absolute Gasteiger partial charge is 0.495 e. The summed E-state index contributed by atoms with van der Waals surface area (Å²) in [6.45, 7) is 4.70. The maximum Gasteiger partial charge on any atom is 0.244 e. The Bertz CT molecular complexity index is 788. The lowest BCUT2D eigenvalue weighted by atomic mass is 10.2. The van der Waals surface area contributed by atoms with Gasteiger partial charge in [-0.3, -0.25) is 0 Å². The van der Waals surface area contributed by atoms with Gasteiger partial charge in [-0.05, 0) is 55.8 Å². The third-order valence-electron chi connectivity index (χ3n) is 3.41. The maximum atomic E-state index is 12.4. The van der Waals surface area contributed by atoms with Gasteiger partial charge < -0.3 is 14.2 Å². The molecule has 25 heavy (non-hydrogen) atoms. The monoisotopic (exact) mass is 365 g/mol. The molecule has 0 atom stereocenters. The van der Waals surface area contributed by atoms with E-state index in [4.69, 9.17) is 14.2 Å². The van der Waals surface area contributed by atoms with E-state index in [-0.39, 0.29) is 18.0 Å². The predicted molar refractivity (Wildman–Crippen MR) is 96.0 cm³/mol. The normalized spacial score (nSPS) is 11.2. The van der Waals surface area contributed by atoms with Crippen LogP contribution < -0.4 is 18.9 Å². The smallest absolute Gasteiger partial charge is 0.244 e. The molecule has 0 amide bonds. The van der Waals surface area contributed by atoms with Crippen molar-refractivity contribution in [1.82, 2.24) is 4.72 Å². The minimum absolute atomic E-state index is 0.121. The summed E-state index contributed by atoms with van der Waals surface area (Å²) in [5.41, 5.74) is 0.840. The molecule has 0 aliphatic heterocycles. The summed E-state index contributed by atoms with van der Waals surface area (Å²) in [4.78, 5) is 0.121. The van der Waals surface area contributed by atoms with Crippen molar-refractivity contribution in [2.24, 2.45) is 0 Å². The average Bonchev–Trinajstić information content (AvgIpc) is 2.60. The number of hydrogen-bond donors (Lipinski definition) is 1. The van der Waals surface area contributed by atoms with E-state index >= 15 is 0 Å². The first-order valence-electron chi connectivity index (χ1n) is 7.96. The predicted octanol–water partition coefficient (Wildman–Crippen LogP) is 2.76. The van der Waals surface area contributed by atoms with Gasteiger partial charge in [-0.1, -0.05) is 6.07 Å². The summed E-state index contributed by atoms with van der Waals surface area (Å²) in [5, 5.41) is 0. The van der Waals surface area contributed by atoms with E-state index in [1.165, 1.54) is 7.11 Å². The first kappa shape index (κ1) is 19.1. The lowest BCUT2D eigenvalue weighted by molar-refractivity contribution is 0.319. The van der Waals surface area contributed by atoms with Crippen LogP contribution in [0.15, 0.2) is 47.4 Å². The fourth-order valence-electron chi connectivity index (χ4n) is 2.22. The number of rotatable bonds is 9. The highest BCUT2D eigenvalue weighted by atomic mass is 32.2. The van der Waals surface area contributed by atoms with Crippen LogP contribution in [-0.2, 0) is 10.0 Å². The minimum atomic E-state index is -3.67. The van der Waals surface area contributed by atoms with E-state index in [0.29, 0.717) is 18.1 Å². The molecule has 2 aromatic rings. The number of methoxy groups -OCH3 is 1. The molecule has 136 valence electrons. The molecule has 0 radical (unpaired) electrons. The quantitative estimate of drug-likeness (QED) is 0.692. The third-order valence-corrected chi connectivity index (χ3v) is 4.89. The zero-order valence-electron chi connectivity index (χ0n) is 14.6. The van der Waals surface area contributed by atoms with E-state index < -0.39 is 10.0 Å². The fourth-order valence-corrected chi connectivity index (χ4v) is 3.48. The lowest BCUT2D eigenvalue weighted by Gasteiger charge is -2.12. The molecule has 0 aliphatic rings. The Morgan fingerprint density at radius 2 is 1.64 bits per heavy atom. The standard InChI is InChI=1S/C18H23NO5S/c1-4-23-15-6-8-16(9-7-15)24-12-11-19-25(20,21)18-13-14(2)5-10-17(18)22-3/h5-10,13,19H,4,11-12H2,1-3H3. The number of ether oxygens (including phenoxy) is 3. The van der Waals surface area contributed by atoms with Crippen molar-refractivity contribution in [3.8, 4) is 17.2 Å². The van der Waals surface area contributed by atoms with Crippen molar-refractivity contribution in [2.75, 3.05) is 26.9 Å². The Kier molecular flexibility index (Phi) is 6.66. The average molecular weight is 365 g/mol. The van der Waals surface area contributed by atoms with Crippen LogP contribution in [-0.4, -0.2) is 35.3 Å². The molecule has 6 nitrogen and oxygen atoms in total. The first-order chi connectivity index (χ1) is 12.0. The third kappa shape index (κ3) is 5.37. The van der Waals surface area contributed by atoms with E-state index in [9.17, 15) is 8.42 Å². The molecular weight excluding hydrogens is 342 g/mol. The minimum Gasteiger partial charge on any atom is -0.495 e. The van der Waals surface area contributed by atoms with Crippen LogP contribution in [0.4, 0.5) is 0 Å². The van der Waals surface area contributed by atoms with Gasteiger partial charge in [0.2, 0.25) is 10.0 Å². The van der Waals surface area contributed by atoms with Crippen LogP contribution in [0.1, 0.15) is 12.5 Å². The molecule has 0 fully saturated rings. The second-order valence-corrected chi connectivity index (χ2v) is 7.04. The summed E-state index contributed by atoms with van der Waals surface area (Å²) < 4.78 is 43.4. The molecule has 0 heterocycles. The summed E-state index contributed by atoms with van der Waals surface area (Å²) in [5.74, 6) is 1.73. The summed E-state index contributed by atoms with van der Waals surface area (Å²) >= 11 is 0. The van der Waals surface area contributed by atoms with E-state index in [1.807, 2.05) is 13.8 Å².